The van der Waals surface area contributed by atoms with Crippen molar-refractivity contribution in [1.29, 1.82) is 0 Å². The molecular weight excluding hydrogens is 996 g/mol. The maximum absolute atomic E-state index is 10.4. The van der Waals surface area contributed by atoms with Gasteiger partial charge in [0, 0.05) is 27.8 Å². The van der Waals surface area contributed by atoms with Crippen molar-refractivity contribution >= 4 is 59.7 Å². The van der Waals surface area contributed by atoms with Crippen molar-refractivity contribution in [1.82, 2.24) is 0 Å². The van der Waals surface area contributed by atoms with Gasteiger partial charge in [-0.25, -0.2) is 24.0 Å². The molecule has 25 heteroatoms. The summed E-state index contributed by atoms with van der Waals surface area (Å²) >= 11 is 0. The minimum atomic E-state index is -1.48. The fourth-order valence-electron chi connectivity index (χ4n) is 4.24. The SMILES string of the molecule is O=C([O-])c1ccccc1C(=O)O.O=C([O-])c1ccccc1C(=O)O.O=C([O-])c1ccccc1C(=O)O.O=C([O-])c1ccccc1C(=O)O.O=C([O-])c1ccccc1C(=O)O.[K+].[K+].[K+].[K+].[K+]. The number of carbonyl (C=O) groups is 10. The van der Waals surface area contributed by atoms with Crippen LogP contribution in [0.2, 0.25) is 0 Å². The fourth-order valence-corrected chi connectivity index (χ4v) is 4.24. The molecule has 65 heavy (non-hydrogen) atoms. The van der Waals surface area contributed by atoms with Crippen LogP contribution in [0, 0.1) is 0 Å². The maximum atomic E-state index is 10.4. The summed E-state index contributed by atoms with van der Waals surface area (Å²) in [5.74, 6) is -13.7. The number of benzene rings is 5. The Morgan fingerprint density at radius 2 is 0.323 bits per heavy atom. The van der Waals surface area contributed by atoms with Crippen LogP contribution in [0.5, 0.6) is 0 Å². The molecule has 5 aromatic carbocycles. The van der Waals surface area contributed by atoms with Gasteiger partial charge in [-0.3, -0.25) is 0 Å². The first-order valence-corrected chi connectivity index (χ1v) is 15.8. The molecule has 0 fully saturated rings. The molecular formula is C40H25K5O20. The second-order valence-electron chi connectivity index (χ2n) is 10.7. The Morgan fingerprint density at radius 3 is 0.385 bits per heavy atom. The van der Waals surface area contributed by atoms with E-state index >= 15 is 0 Å². The molecule has 0 heterocycles. The van der Waals surface area contributed by atoms with Gasteiger partial charge in [0.2, 0.25) is 0 Å². The molecule has 0 radical (unpaired) electrons. The first-order valence-electron chi connectivity index (χ1n) is 15.8. The van der Waals surface area contributed by atoms with E-state index in [4.69, 9.17) is 25.5 Å². The maximum Gasteiger partial charge on any atom is 1.00 e. The minimum Gasteiger partial charge on any atom is -0.545 e. The third kappa shape index (κ3) is 26.5. The van der Waals surface area contributed by atoms with E-state index in [1.54, 1.807) is 0 Å². The van der Waals surface area contributed by atoms with Gasteiger partial charge >= 0.3 is 287 Å². The smallest absolute Gasteiger partial charge is 0.545 e. The van der Waals surface area contributed by atoms with E-state index in [1.165, 1.54) is 121 Å². The summed E-state index contributed by atoms with van der Waals surface area (Å²) in [4.78, 5) is 104. The van der Waals surface area contributed by atoms with Crippen molar-refractivity contribution in [3.8, 4) is 0 Å². The summed E-state index contributed by atoms with van der Waals surface area (Å²) < 4.78 is 0. The molecule has 0 aliphatic heterocycles. The second-order valence-corrected chi connectivity index (χ2v) is 10.7. The summed E-state index contributed by atoms with van der Waals surface area (Å²) in [6.45, 7) is 0. The third-order valence-corrected chi connectivity index (χ3v) is 6.89. The molecule has 20 nitrogen and oxygen atoms in total. The quantitative estimate of drug-likeness (QED) is 0.0811. The van der Waals surface area contributed by atoms with Crippen molar-refractivity contribution < 1.29 is 356 Å². The molecule has 0 aromatic heterocycles. The van der Waals surface area contributed by atoms with Crippen LogP contribution in [0.1, 0.15) is 104 Å². The van der Waals surface area contributed by atoms with E-state index in [2.05, 4.69) is 0 Å². The van der Waals surface area contributed by atoms with E-state index in [9.17, 15) is 73.5 Å². The van der Waals surface area contributed by atoms with Crippen molar-refractivity contribution in [2.75, 3.05) is 0 Å². The van der Waals surface area contributed by atoms with Gasteiger partial charge in [0.15, 0.2) is 0 Å². The second kappa shape index (κ2) is 38.8. The Hall–Kier alpha value is -1.02. The normalized spacial score (nSPS) is 8.62. The molecule has 310 valence electrons. The van der Waals surface area contributed by atoms with E-state index in [0.717, 1.165) is 0 Å². The van der Waals surface area contributed by atoms with E-state index < -0.39 is 59.7 Å². The number of hydrogen-bond donors (Lipinski definition) is 5. The molecule has 5 rings (SSSR count). The largest absolute Gasteiger partial charge is 1.00 e. The van der Waals surface area contributed by atoms with Crippen LogP contribution < -0.4 is 282 Å². The van der Waals surface area contributed by atoms with Crippen molar-refractivity contribution in [3.63, 3.8) is 0 Å². The summed E-state index contributed by atoms with van der Waals surface area (Å²) in [6.07, 6.45) is 0. The molecule has 0 atom stereocenters. The molecule has 5 N–H and O–H groups in total. The van der Waals surface area contributed by atoms with Gasteiger partial charge < -0.3 is 75.0 Å². The van der Waals surface area contributed by atoms with Gasteiger partial charge in [-0.15, -0.1) is 0 Å². The minimum absolute atomic E-state index is 0. The van der Waals surface area contributed by atoms with Gasteiger partial charge in [-0.2, -0.15) is 0 Å². The molecule has 0 spiro atoms. The van der Waals surface area contributed by atoms with Crippen LogP contribution in [0.3, 0.4) is 0 Å². The van der Waals surface area contributed by atoms with Crippen LogP contribution >= 0.6 is 0 Å². The summed E-state index contributed by atoms with van der Waals surface area (Å²) in [5, 5.41) is 94.4. The Morgan fingerprint density at radius 1 is 0.231 bits per heavy atom. The van der Waals surface area contributed by atoms with Crippen molar-refractivity contribution in [2.24, 2.45) is 0 Å². The Balaban J connectivity index is -0.000000226. The summed E-state index contributed by atoms with van der Waals surface area (Å²) in [5.41, 5.74) is -2.77. The Labute approximate surface area is 580 Å². The molecule has 5 aromatic rings. The fraction of sp³-hybridized carbons (Fsp3) is 0. The van der Waals surface area contributed by atoms with Crippen molar-refractivity contribution in [3.05, 3.63) is 177 Å². The van der Waals surface area contributed by atoms with E-state index in [1.807, 2.05) is 0 Å². The van der Waals surface area contributed by atoms with Crippen LogP contribution in [0.25, 0.3) is 0 Å². The van der Waals surface area contributed by atoms with Crippen LogP contribution in [0.4, 0.5) is 0 Å². The van der Waals surface area contributed by atoms with Gasteiger partial charge in [0.25, 0.3) is 0 Å². The zero-order valence-corrected chi connectivity index (χ0v) is 50.5. The molecule has 0 aliphatic carbocycles. The molecule has 0 unspecified atom stereocenters. The van der Waals surface area contributed by atoms with Gasteiger partial charge in [0.05, 0.1) is 57.7 Å². The number of aromatic carboxylic acids is 10. The average Bonchev–Trinajstić information content (AvgIpc) is 3.21. The number of carboxylic acid groups (broad SMARTS) is 10. The number of carboxylic acids is 10. The zero-order chi connectivity index (χ0) is 45.7. The predicted octanol–water partition coefficient (Wildman–Crippen LogP) is -16.2. The topological polar surface area (TPSA) is 387 Å². The number of hydrogen-bond acceptors (Lipinski definition) is 15. The standard InChI is InChI=1S/5C8H6O4.5K/c5*9-7(10)5-3-1-2-4-6(5)8(11)12;;;;;/h5*1-4H,(H,9,10)(H,11,12);;;;;/q;;;;;5*+1/p-5. The molecule has 0 saturated carbocycles. The average molecular weight is 1020 g/mol. The van der Waals surface area contributed by atoms with E-state index in [0.29, 0.717) is 0 Å². The van der Waals surface area contributed by atoms with Crippen LogP contribution in [-0.4, -0.2) is 85.2 Å². The third-order valence-electron chi connectivity index (χ3n) is 6.89. The predicted molar refractivity (Wildman–Crippen MR) is 189 cm³/mol. The summed E-state index contributed by atoms with van der Waals surface area (Å²) in [7, 11) is 0. The van der Waals surface area contributed by atoms with Gasteiger partial charge in [-0.1, -0.05) is 91.0 Å². The van der Waals surface area contributed by atoms with E-state index in [-0.39, 0.29) is 313 Å². The first-order chi connectivity index (χ1) is 28.1. The molecule has 0 saturated heterocycles. The summed E-state index contributed by atoms with van der Waals surface area (Å²) in [6, 6.07) is 26.5. The zero-order valence-electron chi connectivity index (χ0n) is 34.9. The molecule has 0 amide bonds. The van der Waals surface area contributed by atoms with Gasteiger partial charge in [-0.05, 0) is 30.3 Å². The van der Waals surface area contributed by atoms with Crippen molar-refractivity contribution in [2.45, 2.75) is 0 Å². The molecule has 0 bridgehead atoms. The first kappa shape index (κ1) is 73.0. The van der Waals surface area contributed by atoms with Gasteiger partial charge in [0.1, 0.15) is 0 Å². The molecule has 0 aliphatic rings. The van der Waals surface area contributed by atoms with Crippen LogP contribution in [0.15, 0.2) is 121 Å². The number of carbonyl (C=O) groups excluding carboxylic acids is 5. The monoisotopic (exact) mass is 1020 g/mol. The Kier molecular flexibility index (Phi) is 43.5. The Bertz CT molecular complexity index is 1900. The van der Waals surface area contributed by atoms with Crippen LogP contribution in [-0.2, 0) is 0 Å². The number of rotatable bonds is 10.